The largest absolute Gasteiger partial charge is 0.481 e. The predicted octanol–water partition coefficient (Wildman–Crippen LogP) is 0.237. The summed E-state index contributed by atoms with van der Waals surface area (Å²) in [5, 5.41) is 0. The van der Waals surface area contributed by atoms with E-state index in [0.717, 1.165) is 6.26 Å². The van der Waals surface area contributed by atoms with Crippen molar-refractivity contribution in [3.63, 3.8) is 0 Å². The minimum atomic E-state index is -3.30. The first-order valence-electron chi connectivity index (χ1n) is 5.35. The van der Waals surface area contributed by atoms with E-state index in [2.05, 4.69) is 0 Å². The summed E-state index contributed by atoms with van der Waals surface area (Å²) < 4.78 is 28.1. The van der Waals surface area contributed by atoms with Gasteiger partial charge in [0, 0.05) is 6.26 Å². The number of benzene rings is 1. The van der Waals surface area contributed by atoms with Crippen LogP contribution in [0.15, 0.2) is 29.2 Å². The Balaban J connectivity index is 2.94. The average Bonchev–Trinajstić information content (AvgIpc) is 2.34. The van der Waals surface area contributed by atoms with E-state index >= 15 is 0 Å². The van der Waals surface area contributed by atoms with E-state index in [9.17, 15) is 13.2 Å². The SMILES string of the molecule is CCC(Oc1cccc(S(C)(=O)=O)c1)C(=O)NN. The lowest BCUT2D eigenvalue weighted by atomic mass is 10.2. The highest BCUT2D eigenvalue weighted by Gasteiger charge is 2.17. The first-order valence-corrected chi connectivity index (χ1v) is 7.25. The summed E-state index contributed by atoms with van der Waals surface area (Å²) in [7, 11) is -3.30. The van der Waals surface area contributed by atoms with Crippen molar-refractivity contribution in [2.75, 3.05) is 6.26 Å². The van der Waals surface area contributed by atoms with Crippen LogP contribution in [-0.4, -0.2) is 26.7 Å². The highest BCUT2D eigenvalue weighted by atomic mass is 32.2. The third-order valence-electron chi connectivity index (χ3n) is 2.32. The maximum atomic E-state index is 11.4. The third kappa shape index (κ3) is 3.71. The highest BCUT2D eigenvalue weighted by Crippen LogP contribution is 2.19. The molecule has 100 valence electrons. The Labute approximate surface area is 106 Å². The van der Waals surface area contributed by atoms with Gasteiger partial charge in [-0.25, -0.2) is 14.3 Å². The van der Waals surface area contributed by atoms with Gasteiger partial charge in [0.05, 0.1) is 4.90 Å². The van der Waals surface area contributed by atoms with Crippen LogP contribution in [0.1, 0.15) is 13.3 Å². The van der Waals surface area contributed by atoms with Gasteiger partial charge in [0.15, 0.2) is 15.9 Å². The minimum Gasteiger partial charge on any atom is -0.481 e. The zero-order chi connectivity index (χ0) is 13.8. The van der Waals surface area contributed by atoms with Crippen LogP contribution in [0.25, 0.3) is 0 Å². The molecule has 0 aliphatic carbocycles. The Morgan fingerprint density at radius 3 is 2.67 bits per heavy atom. The molecule has 18 heavy (non-hydrogen) atoms. The summed E-state index contributed by atoms with van der Waals surface area (Å²) in [4.78, 5) is 11.5. The topological polar surface area (TPSA) is 98.5 Å². The Hall–Kier alpha value is -1.60. The van der Waals surface area contributed by atoms with Crippen molar-refractivity contribution in [2.24, 2.45) is 5.84 Å². The van der Waals surface area contributed by atoms with Gasteiger partial charge in [-0.3, -0.25) is 10.2 Å². The summed E-state index contributed by atoms with van der Waals surface area (Å²) in [6, 6.07) is 5.98. The lowest BCUT2D eigenvalue weighted by Gasteiger charge is -2.16. The number of hydrogen-bond acceptors (Lipinski definition) is 5. The molecule has 7 heteroatoms. The van der Waals surface area contributed by atoms with E-state index in [1.54, 1.807) is 19.1 Å². The summed E-state index contributed by atoms with van der Waals surface area (Å²) in [6.45, 7) is 1.76. The smallest absolute Gasteiger partial charge is 0.274 e. The molecule has 0 radical (unpaired) electrons. The second-order valence-electron chi connectivity index (χ2n) is 3.77. The number of rotatable bonds is 5. The maximum Gasteiger partial charge on any atom is 0.274 e. The average molecular weight is 272 g/mol. The van der Waals surface area contributed by atoms with Gasteiger partial charge in [-0.2, -0.15) is 0 Å². The van der Waals surface area contributed by atoms with Crippen LogP contribution in [0.5, 0.6) is 5.75 Å². The van der Waals surface area contributed by atoms with E-state index in [1.165, 1.54) is 12.1 Å². The van der Waals surface area contributed by atoms with Gasteiger partial charge in [0.1, 0.15) is 5.75 Å². The van der Waals surface area contributed by atoms with Crippen molar-refractivity contribution in [2.45, 2.75) is 24.3 Å². The van der Waals surface area contributed by atoms with Crippen molar-refractivity contribution in [3.8, 4) is 5.75 Å². The van der Waals surface area contributed by atoms with Gasteiger partial charge in [-0.15, -0.1) is 0 Å². The second kappa shape index (κ2) is 5.83. The van der Waals surface area contributed by atoms with Crippen LogP contribution in [0, 0.1) is 0 Å². The molecule has 6 nitrogen and oxygen atoms in total. The molecule has 0 spiro atoms. The van der Waals surface area contributed by atoms with Gasteiger partial charge in [0.2, 0.25) is 0 Å². The molecule has 0 saturated carbocycles. The summed E-state index contributed by atoms with van der Waals surface area (Å²) >= 11 is 0. The number of sulfone groups is 1. The predicted molar refractivity (Wildman–Crippen MR) is 66.6 cm³/mol. The van der Waals surface area contributed by atoms with Crippen LogP contribution < -0.4 is 16.0 Å². The van der Waals surface area contributed by atoms with Crippen LogP contribution in [-0.2, 0) is 14.6 Å². The minimum absolute atomic E-state index is 0.142. The Morgan fingerprint density at radius 1 is 1.50 bits per heavy atom. The van der Waals surface area contributed by atoms with E-state index in [4.69, 9.17) is 10.6 Å². The van der Waals surface area contributed by atoms with Crippen LogP contribution in [0.4, 0.5) is 0 Å². The molecule has 0 aliphatic rings. The molecule has 1 unspecified atom stereocenters. The highest BCUT2D eigenvalue weighted by molar-refractivity contribution is 7.90. The molecule has 0 heterocycles. The normalized spacial score (nSPS) is 12.8. The lowest BCUT2D eigenvalue weighted by molar-refractivity contribution is -0.128. The summed E-state index contributed by atoms with van der Waals surface area (Å²) in [6.07, 6.45) is 0.784. The van der Waals surface area contributed by atoms with Gasteiger partial charge in [-0.1, -0.05) is 13.0 Å². The van der Waals surface area contributed by atoms with Gasteiger partial charge >= 0.3 is 0 Å². The van der Waals surface area contributed by atoms with Gasteiger partial charge in [-0.05, 0) is 24.6 Å². The molecule has 1 rings (SSSR count). The zero-order valence-corrected chi connectivity index (χ0v) is 11.0. The summed E-state index contributed by atoms with van der Waals surface area (Å²) in [5.41, 5.74) is 2.00. The van der Waals surface area contributed by atoms with Gasteiger partial charge < -0.3 is 4.74 Å². The molecule has 0 bridgehead atoms. The van der Waals surface area contributed by atoms with Crippen molar-refractivity contribution in [1.82, 2.24) is 5.43 Å². The molecular formula is C11H16N2O4S. The Morgan fingerprint density at radius 2 is 2.17 bits per heavy atom. The number of carbonyl (C=O) groups is 1. The standard InChI is InChI=1S/C11H16N2O4S/c1-3-10(11(14)13-12)17-8-5-4-6-9(7-8)18(2,15)16/h4-7,10H,3,12H2,1-2H3,(H,13,14). The van der Waals surface area contributed by atoms with E-state index in [1.807, 2.05) is 5.43 Å². The molecule has 0 aromatic heterocycles. The number of nitrogens with one attached hydrogen (secondary N) is 1. The van der Waals surface area contributed by atoms with Crippen LogP contribution in [0.2, 0.25) is 0 Å². The molecule has 0 aliphatic heterocycles. The molecule has 1 atom stereocenters. The number of amides is 1. The van der Waals surface area contributed by atoms with Crippen molar-refractivity contribution in [1.29, 1.82) is 0 Å². The fraction of sp³-hybridized carbons (Fsp3) is 0.364. The van der Waals surface area contributed by atoms with Crippen LogP contribution >= 0.6 is 0 Å². The Kier molecular flexibility index (Phi) is 4.69. The maximum absolute atomic E-state index is 11.4. The van der Waals surface area contributed by atoms with E-state index in [-0.39, 0.29) is 4.90 Å². The molecule has 0 fully saturated rings. The van der Waals surface area contributed by atoms with E-state index in [0.29, 0.717) is 12.2 Å². The number of ether oxygens (including phenoxy) is 1. The fourth-order valence-electron chi connectivity index (χ4n) is 1.36. The quantitative estimate of drug-likeness (QED) is 0.454. The molecular weight excluding hydrogens is 256 g/mol. The number of nitrogens with two attached hydrogens (primary N) is 1. The summed E-state index contributed by atoms with van der Waals surface area (Å²) in [5.74, 6) is 4.88. The molecule has 0 saturated heterocycles. The fourth-order valence-corrected chi connectivity index (χ4v) is 2.01. The molecule has 1 aromatic carbocycles. The zero-order valence-electron chi connectivity index (χ0n) is 10.2. The second-order valence-corrected chi connectivity index (χ2v) is 5.79. The first kappa shape index (κ1) is 14.5. The van der Waals surface area contributed by atoms with E-state index < -0.39 is 21.8 Å². The lowest BCUT2D eigenvalue weighted by Crippen LogP contribution is -2.41. The van der Waals surface area contributed by atoms with Crippen LogP contribution in [0.3, 0.4) is 0 Å². The third-order valence-corrected chi connectivity index (χ3v) is 3.43. The number of carbonyl (C=O) groups excluding carboxylic acids is 1. The Bertz CT molecular complexity index is 528. The molecule has 3 N–H and O–H groups in total. The molecule has 1 aromatic rings. The number of hydrazine groups is 1. The number of hydrogen-bond donors (Lipinski definition) is 2. The van der Waals surface area contributed by atoms with Crippen molar-refractivity contribution < 1.29 is 17.9 Å². The van der Waals surface area contributed by atoms with Crippen molar-refractivity contribution in [3.05, 3.63) is 24.3 Å². The van der Waals surface area contributed by atoms with Crippen molar-refractivity contribution >= 4 is 15.7 Å². The first-order chi connectivity index (χ1) is 8.38. The monoisotopic (exact) mass is 272 g/mol. The van der Waals surface area contributed by atoms with Gasteiger partial charge in [0.25, 0.3) is 5.91 Å². The molecule has 1 amide bonds.